The van der Waals surface area contributed by atoms with E-state index in [1.54, 1.807) is 6.92 Å². The zero-order valence-electron chi connectivity index (χ0n) is 14.1. The van der Waals surface area contributed by atoms with E-state index in [0.29, 0.717) is 22.7 Å². The minimum absolute atomic E-state index is 0.105. The first-order valence-electron chi connectivity index (χ1n) is 8.33. The van der Waals surface area contributed by atoms with E-state index in [-0.39, 0.29) is 25.0 Å². The van der Waals surface area contributed by atoms with Gasteiger partial charge >= 0.3 is 0 Å². The monoisotopic (exact) mass is 349 g/mol. The smallest absolute Gasteiger partial charge is 0.229 e. The van der Waals surface area contributed by atoms with E-state index >= 15 is 0 Å². The van der Waals surface area contributed by atoms with Crippen molar-refractivity contribution in [3.8, 4) is 0 Å². The highest BCUT2D eigenvalue weighted by Gasteiger charge is 2.23. The average Bonchev–Trinajstić information content (AvgIpc) is 3.04. The molecule has 2 aromatic heterocycles. The summed E-state index contributed by atoms with van der Waals surface area (Å²) in [6.45, 7) is 3.45. The van der Waals surface area contributed by atoms with Gasteiger partial charge in [0.25, 0.3) is 0 Å². The molecule has 2 aromatic rings. The van der Waals surface area contributed by atoms with Crippen molar-refractivity contribution in [3.05, 3.63) is 6.33 Å². The molecule has 0 aromatic carbocycles. The van der Waals surface area contributed by atoms with Crippen molar-refractivity contribution in [3.63, 3.8) is 0 Å². The molecule has 3 rings (SSSR count). The molecule has 1 fully saturated rings. The highest BCUT2D eigenvalue weighted by molar-refractivity contribution is 5.90. The number of fused-ring (bicyclic) bond motifs is 1. The number of aliphatic hydroxyl groups is 1. The Morgan fingerprint density at radius 2 is 2.20 bits per heavy atom. The van der Waals surface area contributed by atoms with Gasteiger partial charge in [-0.3, -0.25) is 4.79 Å². The maximum Gasteiger partial charge on any atom is 0.229 e. The maximum absolute atomic E-state index is 11.4. The number of nitrogens with two attached hydrogens (primary N) is 1. The van der Waals surface area contributed by atoms with E-state index < -0.39 is 6.10 Å². The molecule has 0 bridgehead atoms. The van der Waals surface area contributed by atoms with Gasteiger partial charge in [-0.25, -0.2) is 9.97 Å². The van der Waals surface area contributed by atoms with Gasteiger partial charge in [0, 0.05) is 39.1 Å². The SMILES string of the molecule is CC(=O)N1CCC(Nc2ncnc3c(NCC(O)CN)noc23)CC1. The Bertz CT molecular complexity index is 727. The van der Waals surface area contributed by atoms with Crippen molar-refractivity contribution < 1.29 is 14.4 Å². The summed E-state index contributed by atoms with van der Waals surface area (Å²) in [6, 6.07) is 0.203. The molecule has 0 spiro atoms. The minimum atomic E-state index is -0.669. The average molecular weight is 349 g/mol. The van der Waals surface area contributed by atoms with Gasteiger partial charge in [0.1, 0.15) is 6.33 Å². The number of aliphatic hydroxyl groups excluding tert-OH is 1. The number of amides is 1. The number of nitrogens with one attached hydrogen (secondary N) is 2. The van der Waals surface area contributed by atoms with E-state index in [1.165, 1.54) is 6.33 Å². The van der Waals surface area contributed by atoms with Gasteiger partial charge in [-0.1, -0.05) is 5.16 Å². The summed E-state index contributed by atoms with van der Waals surface area (Å²) in [4.78, 5) is 21.7. The number of piperidine rings is 1. The molecule has 0 saturated carbocycles. The van der Waals surface area contributed by atoms with Gasteiger partial charge in [0.05, 0.1) is 6.10 Å². The number of carbonyl (C=O) groups is 1. The van der Waals surface area contributed by atoms with Gasteiger partial charge < -0.3 is 30.9 Å². The Balaban J connectivity index is 1.68. The number of hydrogen-bond acceptors (Lipinski definition) is 9. The standard InChI is InChI=1S/C15H23N7O3/c1-9(23)22-4-2-10(3-5-22)20-15-13-12(18-8-19-15)14(21-25-13)17-7-11(24)6-16/h8,10-11,24H,2-7,16H2,1H3,(H,17,21)(H,18,19,20). The Labute approximate surface area is 144 Å². The predicted molar refractivity (Wildman–Crippen MR) is 92.0 cm³/mol. The quantitative estimate of drug-likeness (QED) is 0.556. The molecule has 10 nitrogen and oxygen atoms in total. The summed E-state index contributed by atoms with van der Waals surface area (Å²) in [5.74, 6) is 1.12. The fourth-order valence-electron chi connectivity index (χ4n) is 2.81. The van der Waals surface area contributed by atoms with E-state index in [4.69, 9.17) is 10.3 Å². The van der Waals surface area contributed by atoms with Crippen LogP contribution < -0.4 is 16.4 Å². The van der Waals surface area contributed by atoms with Crippen molar-refractivity contribution in [2.24, 2.45) is 5.73 Å². The number of rotatable bonds is 6. The van der Waals surface area contributed by atoms with Crippen LogP contribution in [0.4, 0.5) is 11.6 Å². The molecule has 0 aliphatic carbocycles. The van der Waals surface area contributed by atoms with Crippen LogP contribution in [0.1, 0.15) is 19.8 Å². The summed E-state index contributed by atoms with van der Waals surface area (Å²) in [7, 11) is 0. The molecule has 10 heteroatoms. The number of carbonyl (C=O) groups excluding carboxylic acids is 1. The van der Waals surface area contributed by atoms with Crippen LogP contribution in [0.2, 0.25) is 0 Å². The fraction of sp³-hybridized carbons (Fsp3) is 0.600. The Morgan fingerprint density at radius 3 is 2.88 bits per heavy atom. The third-order valence-corrected chi connectivity index (χ3v) is 4.31. The number of hydrogen-bond donors (Lipinski definition) is 4. The molecule has 5 N–H and O–H groups in total. The van der Waals surface area contributed by atoms with Crippen molar-refractivity contribution in [1.82, 2.24) is 20.0 Å². The lowest BCUT2D eigenvalue weighted by Crippen LogP contribution is -2.41. The molecular formula is C15H23N7O3. The van der Waals surface area contributed by atoms with Crippen LogP contribution in [0.5, 0.6) is 0 Å². The van der Waals surface area contributed by atoms with Crippen LogP contribution >= 0.6 is 0 Å². The first-order valence-corrected chi connectivity index (χ1v) is 8.33. The van der Waals surface area contributed by atoms with Crippen LogP contribution in [-0.4, -0.2) is 69.4 Å². The molecule has 1 unspecified atom stereocenters. The molecule has 1 atom stereocenters. The van der Waals surface area contributed by atoms with E-state index in [9.17, 15) is 9.90 Å². The number of likely N-dealkylation sites (tertiary alicyclic amines) is 1. The lowest BCUT2D eigenvalue weighted by Gasteiger charge is -2.31. The van der Waals surface area contributed by atoms with E-state index in [0.717, 1.165) is 25.9 Å². The van der Waals surface area contributed by atoms with Crippen LogP contribution in [0.25, 0.3) is 11.1 Å². The summed E-state index contributed by atoms with van der Waals surface area (Å²) in [5, 5.41) is 19.8. The Morgan fingerprint density at radius 1 is 1.44 bits per heavy atom. The zero-order valence-corrected chi connectivity index (χ0v) is 14.1. The van der Waals surface area contributed by atoms with Crippen molar-refractivity contribution in [1.29, 1.82) is 0 Å². The fourth-order valence-corrected chi connectivity index (χ4v) is 2.81. The predicted octanol–water partition coefficient (Wildman–Crippen LogP) is -0.228. The normalized spacial score (nSPS) is 16.8. The second kappa shape index (κ2) is 7.62. The zero-order chi connectivity index (χ0) is 17.8. The second-order valence-corrected chi connectivity index (χ2v) is 6.13. The Hall–Kier alpha value is -2.46. The molecule has 3 heterocycles. The van der Waals surface area contributed by atoms with Crippen molar-refractivity contribution >= 4 is 28.6 Å². The lowest BCUT2D eigenvalue weighted by molar-refractivity contribution is -0.129. The summed E-state index contributed by atoms with van der Waals surface area (Å²) < 4.78 is 5.37. The Kier molecular flexibility index (Phi) is 5.29. The lowest BCUT2D eigenvalue weighted by atomic mass is 10.1. The summed E-state index contributed by atoms with van der Waals surface area (Å²) in [6.07, 6.45) is 2.45. The second-order valence-electron chi connectivity index (χ2n) is 6.13. The highest BCUT2D eigenvalue weighted by Crippen LogP contribution is 2.27. The first kappa shape index (κ1) is 17.4. The first-order chi connectivity index (χ1) is 12.1. The largest absolute Gasteiger partial charge is 0.390 e. The summed E-state index contributed by atoms with van der Waals surface area (Å²) in [5.41, 5.74) is 6.39. The number of anilines is 2. The van der Waals surface area contributed by atoms with Crippen LogP contribution in [0, 0.1) is 0 Å². The number of nitrogens with zero attached hydrogens (tertiary/aromatic N) is 4. The topological polar surface area (TPSA) is 142 Å². The molecular weight excluding hydrogens is 326 g/mol. The van der Waals surface area contributed by atoms with Gasteiger partial charge in [-0.05, 0) is 12.8 Å². The minimum Gasteiger partial charge on any atom is -0.390 e. The van der Waals surface area contributed by atoms with E-state index in [2.05, 4.69) is 25.8 Å². The third kappa shape index (κ3) is 3.97. The van der Waals surface area contributed by atoms with Gasteiger partial charge in [-0.2, -0.15) is 0 Å². The molecule has 25 heavy (non-hydrogen) atoms. The van der Waals surface area contributed by atoms with Crippen LogP contribution in [0.3, 0.4) is 0 Å². The molecule has 1 saturated heterocycles. The van der Waals surface area contributed by atoms with Gasteiger partial charge in [0.15, 0.2) is 17.2 Å². The van der Waals surface area contributed by atoms with E-state index in [1.807, 2.05) is 4.90 Å². The van der Waals surface area contributed by atoms with Crippen molar-refractivity contribution in [2.45, 2.75) is 31.9 Å². The number of aromatic nitrogens is 3. The molecule has 136 valence electrons. The maximum atomic E-state index is 11.4. The van der Waals surface area contributed by atoms with Crippen molar-refractivity contribution in [2.75, 3.05) is 36.8 Å². The van der Waals surface area contributed by atoms with Gasteiger partial charge in [-0.15, -0.1) is 0 Å². The summed E-state index contributed by atoms with van der Waals surface area (Å²) >= 11 is 0. The molecule has 1 amide bonds. The molecule has 0 radical (unpaired) electrons. The highest BCUT2D eigenvalue weighted by atomic mass is 16.5. The third-order valence-electron chi connectivity index (χ3n) is 4.31. The molecule has 1 aliphatic rings. The van der Waals surface area contributed by atoms with Crippen LogP contribution in [0.15, 0.2) is 10.9 Å². The molecule has 1 aliphatic heterocycles. The van der Waals surface area contributed by atoms with Gasteiger partial charge in [0.2, 0.25) is 11.5 Å². The van der Waals surface area contributed by atoms with Crippen LogP contribution in [-0.2, 0) is 4.79 Å².